The molecule has 0 aliphatic heterocycles. The van der Waals surface area contributed by atoms with E-state index in [9.17, 15) is 14.7 Å². The molecule has 1 atom stereocenters. The van der Waals surface area contributed by atoms with Gasteiger partial charge in [-0.25, -0.2) is 14.6 Å². The Morgan fingerprint density at radius 3 is 2.31 bits per heavy atom. The van der Waals surface area contributed by atoms with E-state index >= 15 is 0 Å². The van der Waals surface area contributed by atoms with Crippen LogP contribution >= 0.6 is 0 Å². The van der Waals surface area contributed by atoms with Crippen molar-refractivity contribution in [3.05, 3.63) is 78.4 Å². The molecule has 2 aromatic carbocycles. The fourth-order valence-electron chi connectivity index (χ4n) is 3.77. The molecule has 3 aromatic rings. The average Bonchev–Trinajstić information content (AvgIpc) is 3.32. The Morgan fingerprint density at radius 2 is 1.76 bits per heavy atom. The van der Waals surface area contributed by atoms with Crippen LogP contribution in [0, 0.1) is 0 Å². The minimum absolute atomic E-state index is 0.0343. The van der Waals surface area contributed by atoms with E-state index in [4.69, 9.17) is 4.74 Å². The second-order valence-corrected chi connectivity index (χ2v) is 7.32. The van der Waals surface area contributed by atoms with Crippen molar-refractivity contribution in [1.29, 1.82) is 0 Å². The summed E-state index contributed by atoms with van der Waals surface area (Å²) in [6.45, 7) is 1.60. The Labute approximate surface area is 168 Å². The molecule has 4 rings (SSSR count). The standard InChI is InChI=1S/C22H21N3O4/c1-22(20(26)27,13-25-11-10-23-14-25)24-21(28)29-12-19-17-8-4-2-6-15(17)16-7-3-5-9-18(16)19/h2-11,14,19H,12-13H2,1H3,(H,24,28)(H,26,27). The quantitative estimate of drug-likeness (QED) is 0.673. The highest BCUT2D eigenvalue weighted by Gasteiger charge is 2.37. The molecular formula is C22H21N3O4. The summed E-state index contributed by atoms with van der Waals surface area (Å²) in [4.78, 5) is 28.1. The average molecular weight is 391 g/mol. The number of carboxylic acids is 1. The lowest BCUT2D eigenvalue weighted by Gasteiger charge is -2.26. The number of rotatable bonds is 6. The summed E-state index contributed by atoms with van der Waals surface area (Å²) in [6.07, 6.45) is 3.92. The lowest BCUT2D eigenvalue weighted by Crippen LogP contribution is -2.55. The van der Waals surface area contributed by atoms with Crippen LogP contribution in [0.3, 0.4) is 0 Å². The van der Waals surface area contributed by atoms with E-state index in [2.05, 4.69) is 22.4 Å². The van der Waals surface area contributed by atoms with Crippen LogP contribution < -0.4 is 5.32 Å². The van der Waals surface area contributed by atoms with Crippen molar-refractivity contribution in [3.8, 4) is 11.1 Å². The highest BCUT2D eigenvalue weighted by molar-refractivity contribution is 5.84. The van der Waals surface area contributed by atoms with E-state index in [1.165, 1.54) is 13.3 Å². The van der Waals surface area contributed by atoms with Gasteiger partial charge in [0.2, 0.25) is 0 Å². The molecule has 29 heavy (non-hydrogen) atoms. The van der Waals surface area contributed by atoms with Crippen LogP contribution in [-0.2, 0) is 16.1 Å². The van der Waals surface area contributed by atoms with Gasteiger partial charge in [0.15, 0.2) is 5.54 Å². The minimum atomic E-state index is -1.52. The van der Waals surface area contributed by atoms with Crippen molar-refractivity contribution in [2.24, 2.45) is 0 Å². The van der Waals surface area contributed by atoms with Crippen LogP contribution in [-0.4, -0.2) is 38.9 Å². The van der Waals surface area contributed by atoms with E-state index in [0.717, 1.165) is 22.3 Å². The van der Waals surface area contributed by atoms with E-state index in [0.29, 0.717) is 0 Å². The first kappa shape index (κ1) is 18.7. The number of nitrogens with one attached hydrogen (secondary N) is 1. The Bertz CT molecular complexity index is 1000. The third-order valence-electron chi connectivity index (χ3n) is 5.25. The number of nitrogens with zero attached hydrogens (tertiary/aromatic N) is 2. The number of ether oxygens (including phenoxy) is 1. The van der Waals surface area contributed by atoms with E-state index in [1.807, 2.05) is 36.4 Å². The van der Waals surface area contributed by atoms with E-state index in [-0.39, 0.29) is 19.1 Å². The van der Waals surface area contributed by atoms with E-state index < -0.39 is 17.6 Å². The second kappa shape index (κ2) is 7.43. The number of carboxylic acid groups (broad SMARTS) is 1. The molecule has 2 N–H and O–H groups in total. The van der Waals surface area contributed by atoms with Gasteiger partial charge in [-0.2, -0.15) is 0 Å². The van der Waals surface area contributed by atoms with Gasteiger partial charge >= 0.3 is 12.1 Å². The number of carbonyl (C=O) groups is 2. The van der Waals surface area contributed by atoms with Gasteiger partial charge in [-0.3, -0.25) is 0 Å². The smallest absolute Gasteiger partial charge is 0.408 e. The topological polar surface area (TPSA) is 93.5 Å². The fraction of sp³-hybridized carbons (Fsp3) is 0.227. The highest BCUT2D eigenvalue weighted by Crippen LogP contribution is 2.44. The Kier molecular flexibility index (Phi) is 4.80. The molecule has 7 nitrogen and oxygen atoms in total. The summed E-state index contributed by atoms with van der Waals surface area (Å²) in [5, 5.41) is 12.1. The predicted octanol–water partition coefficient (Wildman–Crippen LogP) is 3.27. The Morgan fingerprint density at radius 1 is 1.14 bits per heavy atom. The van der Waals surface area contributed by atoms with E-state index in [1.54, 1.807) is 17.0 Å². The van der Waals surface area contributed by atoms with Crippen molar-refractivity contribution in [2.45, 2.75) is 24.9 Å². The number of aliphatic carboxylic acids is 1. The first-order valence-electron chi connectivity index (χ1n) is 9.30. The number of hydrogen-bond acceptors (Lipinski definition) is 4. The highest BCUT2D eigenvalue weighted by atomic mass is 16.5. The van der Waals surface area contributed by atoms with Gasteiger partial charge in [0.25, 0.3) is 0 Å². The van der Waals surface area contributed by atoms with Gasteiger partial charge in [0, 0.05) is 18.3 Å². The van der Waals surface area contributed by atoms with Gasteiger partial charge < -0.3 is 19.7 Å². The maximum absolute atomic E-state index is 12.5. The van der Waals surface area contributed by atoms with Gasteiger partial charge in [0.05, 0.1) is 12.9 Å². The van der Waals surface area contributed by atoms with Gasteiger partial charge in [-0.1, -0.05) is 48.5 Å². The monoisotopic (exact) mass is 391 g/mol. The van der Waals surface area contributed by atoms with Crippen molar-refractivity contribution in [3.63, 3.8) is 0 Å². The zero-order valence-corrected chi connectivity index (χ0v) is 15.9. The third-order valence-corrected chi connectivity index (χ3v) is 5.25. The largest absolute Gasteiger partial charge is 0.479 e. The summed E-state index contributed by atoms with van der Waals surface area (Å²) < 4.78 is 7.06. The van der Waals surface area contributed by atoms with Crippen LogP contribution in [0.1, 0.15) is 24.0 Å². The Balaban J connectivity index is 1.47. The zero-order valence-electron chi connectivity index (χ0n) is 15.9. The number of alkyl carbamates (subject to hydrolysis) is 1. The second-order valence-electron chi connectivity index (χ2n) is 7.32. The van der Waals surface area contributed by atoms with Crippen LogP contribution in [0.15, 0.2) is 67.3 Å². The van der Waals surface area contributed by atoms with Gasteiger partial charge in [-0.05, 0) is 29.2 Å². The molecule has 0 fully saturated rings. The lowest BCUT2D eigenvalue weighted by molar-refractivity contribution is -0.144. The normalized spacial score (nSPS) is 14.5. The summed E-state index contributed by atoms with van der Waals surface area (Å²) in [5.74, 6) is -1.24. The number of aromatic nitrogens is 2. The van der Waals surface area contributed by atoms with Crippen molar-refractivity contribution >= 4 is 12.1 Å². The molecule has 0 saturated heterocycles. The first-order chi connectivity index (χ1) is 14.0. The molecule has 7 heteroatoms. The summed E-state index contributed by atoms with van der Waals surface area (Å²) in [6, 6.07) is 16.1. The van der Waals surface area contributed by atoms with Crippen LogP contribution in [0.25, 0.3) is 11.1 Å². The number of carbonyl (C=O) groups excluding carboxylic acids is 1. The number of amides is 1. The Hall–Kier alpha value is -3.61. The molecule has 0 radical (unpaired) electrons. The van der Waals surface area contributed by atoms with Crippen molar-refractivity contribution < 1.29 is 19.4 Å². The minimum Gasteiger partial charge on any atom is -0.479 e. The third kappa shape index (κ3) is 3.59. The van der Waals surface area contributed by atoms with Crippen LogP contribution in [0.5, 0.6) is 0 Å². The predicted molar refractivity (Wildman–Crippen MR) is 106 cm³/mol. The number of fused-ring (bicyclic) bond motifs is 3. The molecule has 0 spiro atoms. The summed E-state index contributed by atoms with van der Waals surface area (Å²) >= 11 is 0. The summed E-state index contributed by atoms with van der Waals surface area (Å²) in [5.41, 5.74) is 2.94. The molecule has 0 bridgehead atoms. The van der Waals surface area contributed by atoms with Gasteiger partial charge in [0.1, 0.15) is 6.61 Å². The van der Waals surface area contributed by atoms with Crippen molar-refractivity contribution in [1.82, 2.24) is 14.9 Å². The zero-order chi connectivity index (χ0) is 20.4. The SMILES string of the molecule is CC(Cn1ccnc1)(NC(=O)OCC1c2ccccc2-c2ccccc21)C(=O)O. The van der Waals surface area contributed by atoms with Crippen molar-refractivity contribution in [2.75, 3.05) is 6.61 Å². The molecule has 148 valence electrons. The van der Waals surface area contributed by atoms with Gasteiger partial charge in [-0.15, -0.1) is 0 Å². The fourth-order valence-corrected chi connectivity index (χ4v) is 3.77. The molecule has 1 heterocycles. The molecule has 1 aromatic heterocycles. The number of benzene rings is 2. The molecular weight excluding hydrogens is 370 g/mol. The van der Waals surface area contributed by atoms with Crippen LogP contribution in [0.2, 0.25) is 0 Å². The molecule has 1 aliphatic rings. The maximum Gasteiger partial charge on any atom is 0.408 e. The summed E-state index contributed by atoms with van der Waals surface area (Å²) in [7, 11) is 0. The molecule has 1 unspecified atom stereocenters. The number of hydrogen-bond donors (Lipinski definition) is 2. The molecule has 1 amide bonds. The first-order valence-corrected chi connectivity index (χ1v) is 9.30. The lowest BCUT2D eigenvalue weighted by atomic mass is 9.98. The molecule has 0 saturated carbocycles. The molecule has 1 aliphatic carbocycles. The number of imidazole rings is 1. The van der Waals surface area contributed by atoms with Crippen LogP contribution in [0.4, 0.5) is 4.79 Å². The maximum atomic E-state index is 12.5.